The smallest absolute Gasteiger partial charge is 0.311 e. The van der Waals surface area contributed by atoms with Crippen molar-refractivity contribution in [2.24, 2.45) is 5.10 Å². The molecule has 2 aromatic carbocycles. The number of hydrazone groups is 1. The molecule has 0 unspecified atom stereocenters. The second-order valence-electron chi connectivity index (χ2n) is 4.99. The lowest BCUT2D eigenvalue weighted by molar-refractivity contribution is -0.385. The summed E-state index contributed by atoms with van der Waals surface area (Å²) in [7, 11) is 3.02. The van der Waals surface area contributed by atoms with Crippen molar-refractivity contribution in [1.29, 1.82) is 0 Å². The molecule has 0 atom stereocenters. The van der Waals surface area contributed by atoms with Gasteiger partial charge in [-0.15, -0.1) is 0 Å². The molecule has 0 spiro atoms. The Morgan fingerprint density at radius 1 is 1.17 bits per heavy atom. The van der Waals surface area contributed by atoms with E-state index >= 15 is 0 Å². The van der Waals surface area contributed by atoms with Crippen LogP contribution in [0.2, 0.25) is 0 Å². The number of methoxy groups -OCH3 is 2. The Kier molecular flexibility index (Phi) is 5.73. The molecule has 126 valence electrons. The first kappa shape index (κ1) is 17.3. The zero-order valence-electron chi connectivity index (χ0n) is 13.8. The number of para-hydroxylation sites is 1. The van der Waals surface area contributed by atoms with E-state index in [4.69, 9.17) is 9.47 Å². The maximum atomic E-state index is 11.1. The molecule has 0 fully saturated rings. The van der Waals surface area contributed by atoms with Crippen LogP contribution in [-0.2, 0) is 6.54 Å². The zero-order chi connectivity index (χ0) is 17.5. The second-order valence-corrected chi connectivity index (χ2v) is 4.99. The number of nitro groups is 1. The molecule has 0 saturated heterocycles. The summed E-state index contributed by atoms with van der Waals surface area (Å²) in [5.41, 5.74) is 5.12. The van der Waals surface area contributed by atoms with Gasteiger partial charge in [0.25, 0.3) is 0 Å². The molecule has 0 amide bonds. The average Bonchev–Trinajstić information content (AvgIpc) is 2.61. The van der Waals surface area contributed by atoms with Crippen molar-refractivity contribution in [3.05, 3.63) is 63.7 Å². The Morgan fingerprint density at radius 3 is 2.54 bits per heavy atom. The van der Waals surface area contributed by atoms with Gasteiger partial charge in [0, 0.05) is 17.2 Å². The van der Waals surface area contributed by atoms with Crippen LogP contribution in [0.25, 0.3) is 0 Å². The summed E-state index contributed by atoms with van der Waals surface area (Å²) in [6.45, 7) is 2.26. The van der Waals surface area contributed by atoms with Crippen molar-refractivity contribution in [2.75, 3.05) is 14.2 Å². The Hall–Kier alpha value is -3.09. The van der Waals surface area contributed by atoms with Crippen molar-refractivity contribution in [3.8, 4) is 11.5 Å². The predicted molar refractivity (Wildman–Crippen MR) is 91.7 cm³/mol. The van der Waals surface area contributed by atoms with E-state index in [0.29, 0.717) is 17.8 Å². The van der Waals surface area contributed by atoms with E-state index in [1.54, 1.807) is 26.2 Å². The highest BCUT2D eigenvalue weighted by atomic mass is 16.6. The van der Waals surface area contributed by atoms with Crippen LogP contribution in [0.5, 0.6) is 11.5 Å². The summed E-state index contributed by atoms with van der Waals surface area (Å²) in [6.07, 6.45) is 0. The molecule has 7 heteroatoms. The molecule has 0 aliphatic heterocycles. The summed E-state index contributed by atoms with van der Waals surface area (Å²) in [5.74, 6) is 0.997. The maximum absolute atomic E-state index is 11.1. The Balaban J connectivity index is 2.13. The minimum absolute atomic E-state index is 0.0886. The van der Waals surface area contributed by atoms with Crippen LogP contribution in [0.3, 0.4) is 0 Å². The van der Waals surface area contributed by atoms with Gasteiger partial charge in [0.05, 0.1) is 31.4 Å². The van der Waals surface area contributed by atoms with Crippen LogP contribution < -0.4 is 14.9 Å². The molecular formula is C17H19N3O4. The number of hydrogen-bond acceptors (Lipinski definition) is 6. The summed E-state index contributed by atoms with van der Waals surface area (Å²) in [4.78, 5) is 10.6. The van der Waals surface area contributed by atoms with Gasteiger partial charge in [-0.25, -0.2) is 0 Å². The molecule has 0 radical (unpaired) electrons. The van der Waals surface area contributed by atoms with Gasteiger partial charge >= 0.3 is 5.69 Å². The summed E-state index contributed by atoms with van der Waals surface area (Å²) >= 11 is 0. The third kappa shape index (κ3) is 4.01. The van der Waals surface area contributed by atoms with Crippen LogP contribution in [0, 0.1) is 10.1 Å². The summed E-state index contributed by atoms with van der Waals surface area (Å²) in [5, 5.41) is 15.3. The van der Waals surface area contributed by atoms with Crippen LogP contribution in [0.15, 0.2) is 47.6 Å². The quantitative estimate of drug-likeness (QED) is 0.479. The molecule has 24 heavy (non-hydrogen) atoms. The monoisotopic (exact) mass is 329 g/mol. The second kappa shape index (κ2) is 7.96. The van der Waals surface area contributed by atoms with Gasteiger partial charge in [-0.1, -0.05) is 18.2 Å². The zero-order valence-corrected chi connectivity index (χ0v) is 13.8. The Morgan fingerprint density at radius 2 is 1.88 bits per heavy atom. The minimum Gasteiger partial charge on any atom is -0.496 e. The topological polar surface area (TPSA) is 86.0 Å². The number of nitro benzene ring substituents is 1. The lowest BCUT2D eigenvalue weighted by Gasteiger charge is -2.09. The normalized spacial score (nSPS) is 11.0. The molecule has 0 aliphatic rings. The highest BCUT2D eigenvalue weighted by Gasteiger charge is 2.16. The lowest BCUT2D eigenvalue weighted by atomic mass is 10.1. The van der Waals surface area contributed by atoms with E-state index in [0.717, 1.165) is 11.3 Å². The molecule has 1 N–H and O–H groups in total. The van der Waals surface area contributed by atoms with Crippen LogP contribution in [-0.4, -0.2) is 24.9 Å². The number of benzene rings is 2. The number of rotatable bonds is 7. The predicted octanol–water partition coefficient (Wildman–Crippen LogP) is 3.13. The molecule has 2 rings (SSSR count). The third-order valence-corrected chi connectivity index (χ3v) is 3.50. The van der Waals surface area contributed by atoms with E-state index in [2.05, 4.69) is 10.5 Å². The fraction of sp³-hybridized carbons (Fsp3) is 0.235. The number of nitrogens with zero attached hydrogens (tertiary/aromatic N) is 2. The Bertz CT molecular complexity index is 759. The highest BCUT2D eigenvalue weighted by molar-refractivity contribution is 5.99. The minimum atomic E-state index is -0.474. The number of hydrogen-bond donors (Lipinski definition) is 1. The van der Waals surface area contributed by atoms with E-state index < -0.39 is 4.92 Å². The van der Waals surface area contributed by atoms with E-state index in [9.17, 15) is 10.1 Å². The van der Waals surface area contributed by atoms with Gasteiger partial charge in [0.1, 0.15) is 5.75 Å². The van der Waals surface area contributed by atoms with Crippen molar-refractivity contribution in [2.45, 2.75) is 13.5 Å². The Labute approximate surface area is 140 Å². The van der Waals surface area contributed by atoms with E-state index in [1.165, 1.54) is 13.2 Å². The lowest BCUT2D eigenvalue weighted by Crippen LogP contribution is -2.10. The standard InChI is InChI=1S/C17H19N3O4/c1-12(13-8-9-17(24-3)15(10-13)20(21)22)19-18-11-14-6-4-5-7-16(14)23-2/h4-10,18H,11H2,1-3H3/b19-12-. The number of ether oxygens (including phenoxy) is 2. The molecule has 0 bridgehead atoms. The average molecular weight is 329 g/mol. The summed E-state index contributed by atoms with van der Waals surface area (Å²) < 4.78 is 10.3. The number of nitrogens with one attached hydrogen (secondary N) is 1. The first-order valence-electron chi connectivity index (χ1n) is 7.28. The fourth-order valence-corrected chi connectivity index (χ4v) is 2.21. The first-order valence-corrected chi connectivity index (χ1v) is 7.28. The van der Waals surface area contributed by atoms with Gasteiger partial charge in [0.15, 0.2) is 5.75 Å². The van der Waals surface area contributed by atoms with Crippen LogP contribution in [0.4, 0.5) is 5.69 Å². The van der Waals surface area contributed by atoms with Crippen LogP contribution in [0.1, 0.15) is 18.1 Å². The molecule has 0 aromatic heterocycles. The van der Waals surface area contributed by atoms with Crippen molar-refractivity contribution < 1.29 is 14.4 Å². The van der Waals surface area contributed by atoms with Crippen molar-refractivity contribution >= 4 is 11.4 Å². The van der Waals surface area contributed by atoms with Crippen molar-refractivity contribution in [1.82, 2.24) is 5.43 Å². The maximum Gasteiger partial charge on any atom is 0.311 e. The third-order valence-electron chi connectivity index (χ3n) is 3.50. The fourth-order valence-electron chi connectivity index (χ4n) is 2.21. The molecule has 2 aromatic rings. The largest absolute Gasteiger partial charge is 0.496 e. The highest BCUT2D eigenvalue weighted by Crippen LogP contribution is 2.27. The van der Waals surface area contributed by atoms with Gasteiger partial charge in [-0.2, -0.15) is 5.10 Å². The van der Waals surface area contributed by atoms with E-state index in [-0.39, 0.29) is 11.4 Å². The SMILES string of the molecule is COc1ccccc1CN/N=C(/C)c1ccc(OC)c([N+](=O)[O-])c1. The molecule has 0 saturated carbocycles. The molecular weight excluding hydrogens is 310 g/mol. The van der Waals surface area contributed by atoms with E-state index in [1.807, 2.05) is 24.3 Å². The molecule has 7 nitrogen and oxygen atoms in total. The van der Waals surface area contributed by atoms with Crippen molar-refractivity contribution in [3.63, 3.8) is 0 Å². The first-order chi connectivity index (χ1) is 11.6. The van der Waals surface area contributed by atoms with Crippen LogP contribution >= 0.6 is 0 Å². The summed E-state index contributed by atoms with van der Waals surface area (Å²) in [6, 6.07) is 12.4. The van der Waals surface area contributed by atoms with Gasteiger partial charge in [0.2, 0.25) is 0 Å². The van der Waals surface area contributed by atoms with Gasteiger partial charge < -0.3 is 14.9 Å². The van der Waals surface area contributed by atoms with Gasteiger partial charge in [-0.05, 0) is 25.1 Å². The van der Waals surface area contributed by atoms with Gasteiger partial charge in [-0.3, -0.25) is 10.1 Å². The molecule has 0 heterocycles. The molecule has 0 aliphatic carbocycles.